The van der Waals surface area contributed by atoms with Crippen LogP contribution in [0.2, 0.25) is 0 Å². The molecule has 1 aromatic rings. The number of nitrogens with one attached hydrogen (secondary N) is 1. The van der Waals surface area contributed by atoms with Crippen LogP contribution < -0.4 is 11.1 Å². The SMILES string of the molecule is Nc1ccc(NC(=O)CN2CCC(O)CC2)c(Br)c1. The summed E-state index contributed by atoms with van der Waals surface area (Å²) in [6.45, 7) is 1.87. The maximum atomic E-state index is 11.9. The fourth-order valence-electron chi connectivity index (χ4n) is 2.10. The zero-order valence-electron chi connectivity index (χ0n) is 10.6. The first-order valence-electron chi connectivity index (χ1n) is 6.30. The molecule has 1 fully saturated rings. The topological polar surface area (TPSA) is 78.6 Å². The number of hydrogen-bond acceptors (Lipinski definition) is 4. The lowest BCUT2D eigenvalue weighted by molar-refractivity contribution is -0.117. The summed E-state index contributed by atoms with van der Waals surface area (Å²) < 4.78 is 0.773. The highest BCUT2D eigenvalue weighted by Crippen LogP contribution is 2.24. The van der Waals surface area contributed by atoms with Gasteiger partial charge in [0, 0.05) is 23.2 Å². The van der Waals surface area contributed by atoms with Gasteiger partial charge in [0.05, 0.1) is 18.3 Å². The lowest BCUT2D eigenvalue weighted by atomic mass is 10.1. The molecule has 104 valence electrons. The number of aliphatic hydroxyl groups is 1. The highest BCUT2D eigenvalue weighted by Gasteiger charge is 2.19. The molecular weight excluding hydrogens is 310 g/mol. The first-order valence-corrected chi connectivity index (χ1v) is 7.09. The molecule has 1 saturated heterocycles. The number of halogens is 1. The van der Waals surface area contributed by atoms with E-state index in [1.165, 1.54) is 0 Å². The van der Waals surface area contributed by atoms with Gasteiger partial charge in [-0.15, -0.1) is 0 Å². The lowest BCUT2D eigenvalue weighted by Gasteiger charge is -2.28. The van der Waals surface area contributed by atoms with E-state index in [4.69, 9.17) is 5.73 Å². The lowest BCUT2D eigenvalue weighted by Crippen LogP contribution is -2.40. The highest BCUT2D eigenvalue weighted by molar-refractivity contribution is 9.10. The Morgan fingerprint density at radius 1 is 1.47 bits per heavy atom. The van der Waals surface area contributed by atoms with Gasteiger partial charge in [-0.1, -0.05) is 0 Å². The molecular formula is C13H18BrN3O2. The third-order valence-electron chi connectivity index (χ3n) is 3.19. The molecule has 0 aromatic heterocycles. The number of benzene rings is 1. The van der Waals surface area contributed by atoms with Crippen molar-refractivity contribution in [1.29, 1.82) is 0 Å². The van der Waals surface area contributed by atoms with Gasteiger partial charge in [-0.25, -0.2) is 0 Å². The number of nitrogens with two attached hydrogens (primary N) is 1. The van der Waals surface area contributed by atoms with Crippen molar-refractivity contribution in [3.8, 4) is 0 Å². The second kappa shape index (κ2) is 6.36. The average Bonchev–Trinajstić information content (AvgIpc) is 2.36. The zero-order valence-corrected chi connectivity index (χ0v) is 12.2. The van der Waals surface area contributed by atoms with Crippen LogP contribution in [-0.2, 0) is 4.79 Å². The molecule has 0 radical (unpaired) electrons. The minimum absolute atomic E-state index is 0.0538. The number of carbonyl (C=O) groups excluding carboxylic acids is 1. The monoisotopic (exact) mass is 327 g/mol. The average molecular weight is 328 g/mol. The van der Waals surface area contributed by atoms with E-state index in [0.717, 1.165) is 36.1 Å². The summed E-state index contributed by atoms with van der Waals surface area (Å²) in [7, 11) is 0. The Labute approximate surface area is 120 Å². The van der Waals surface area contributed by atoms with E-state index in [2.05, 4.69) is 21.2 Å². The number of likely N-dealkylation sites (tertiary alicyclic amines) is 1. The van der Waals surface area contributed by atoms with Gasteiger partial charge in [-0.2, -0.15) is 0 Å². The van der Waals surface area contributed by atoms with Gasteiger partial charge in [-0.3, -0.25) is 9.69 Å². The largest absolute Gasteiger partial charge is 0.399 e. The third kappa shape index (κ3) is 4.19. The van der Waals surface area contributed by atoms with E-state index >= 15 is 0 Å². The molecule has 19 heavy (non-hydrogen) atoms. The minimum atomic E-state index is -0.217. The van der Waals surface area contributed by atoms with Crippen molar-refractivity contribution in [2.45, 2.75) is 18.9 Å². The summed E-state index contributed by atoms with van der Waals surface area (Å²) in [5.41, 5.74) is 7.01. The Hall–Kier alpha value is -1.11. The summed E-state index contributed by atoms with van der Waals surface area (Å²) >= 11 is 3.37. The Bertz CT molecular complexity index is 459. The van der Waals surface area contributed by atoms with Gasteiger partial charge in [0.25, 0.3) is 0 Å². The van der Waals surface area contributed by atoms with Crippen LogP contribution in [0.1, 0.15) is 12.8 Å². The molecule has 0 atom stereocenters. The van der Waals surface area contributed by atoms with E-state index in [-0.39, 0.29) is 12.0 Å². The smallest absolute Gasteiger partial charge is 0.238 e. The molecule has 2 rings (SSSR count). The molecule has 6 heteroatoms. The molecule has 0 aliphatic carbocycles. The number of amides is 1. The number of aliphatic hydroxyl groups excluding tert-OH is 1. The van der Waals surface area contributed by atoms with Gasteiger partial charge in [0.15, 0.2) is 0 Å². The van der Waals surface area contributed by atoms with Gasteiger partial charge in [0.1, 0.15) is 0 Å². The minimum Gasteiger partial charge on any atom is -0.399 e. The fourth-order valence-corrected chi connectivity index (χ4v) is 2.60. The van der Waals surface area contributed by atoms with E-state index in [0.29, 0.717) is 12.2 Å². The van der Waals surface area contributed by atoms with Crippen LogP contribution in [0.5, 0.6) is 0 Å². The molecule has 1 aliphatic rings. The number of anilines is 2. The first-order chi connectivity index (χ1) is 9.04. The van der Waals surface area contributed by atoms with Crippen molar-refractivity contribution in [3.05, 3.63) is 22.7 Å². The van der Waals surface area contributed by atoms with Crippen LogP contribution >= 0.6 is 15.9 Å². The van der Waals surface area contributed by atoms with E-state index in [1.54, 1.807) is 18.2 Å². The molecule has 1 aliphatic heterocycles. The van der Waals surface area contributed by atoms with E-state index in [1.807, 2.05) is 4.90 Å². The molecule has 5 nitrogen and oxygen atoms in total. The maximum Gasteiger partial charge on any atom is 0.238 e. The standard InChI is InChI=1S/C13H18BrN3O2/c14-11-7-9(15)1-2-12(11)16-13(19)8-17-5-3-10(18)4-6-17/h1-2,7,10,18H,3-6,8,15H2,(H,16,19). The quantitative estimate of drug-likeness (QED) is 0.734. The number of carbonyl (C=O) groups is 1. The van der Waals surface area contributed by atoms with Crippen molar-refractivity contribution in [2.75, 3.05) is 30.7 Å². The Kier molecular flexibility index (Phi) is 4.79. The molecule has 1 amide bonds. The van der Waals surface area contributed by atoms with Crippen LogP contribution in [0, 0.1) is 0 Å². The number of rotatable bonds is 3. The summed E-state index contributed by atoms with van der Waals surface area (Å²) in [5.74, 6) is -0.0538. The van der Waals surface area contributed by atoms with Crippen LogP contribution in [0.4, 0.5) is 11.4 Å². The van der Waals surface area contributed by atoms with Crippen molar-refractivity contribution < 1.29 is 9.90 Å². The number of hydrogen-bond donors (Lipinski definition) is 3. The molecule has 0 unspecified atom stereocenters. The van der Waals surface area contributed by atoms with Crippen LogP contribution in [0.25, 0.3) is 0 Å². The molecule has 0 saturated carbocycles. The van der Waals surface area contributed by atoms with Gasteiger partial charge in [0.2, 0.25) is 5.91 Å². The van der Waals surface area contributed by atoms with Crippen molar-refractivity contribution in [2.24, 2.45) is 0 Å². The number of nitrogen functional groups attached to an aromatic ring is 1. The molecule has 1 aromatic carbocycles. The normalized spacial score (nSPS) is 17.4. The number of piperidine rings is 1. The van der Waals surface area contributed by atoms with Crippen molar-refractivity contribution in [1.82, 2.24) is 4.90 Å². The van der Waals surface area contributed by atoms with Crippen molar-refractivity contribution >= 4 is 33.2 Å². The predicted molar refractivity (Wildman–Crippen MR) is 78.9 cm³/mol. The van der Waals surface area contributed by atoms with Gasteiger partial charge >= 0.3 is 0 Å². The maximum absolute atomic E-state index is 11.9. The summed E-state index contributed by atoms with van der Waals surface area (Å²) in [5, 5.41) is 12.3. The van der Waals surface area contributed by atoms with Gasteiger partial charge in [-0.05, 0) is 47.0 Å². The fraction of sp³-hybridized carbons (Fsp3) is 0.462. The summed E-state index contributed by atoms with van der Waals surface area (Å²) in [4.78, 5) is 14.0. The third-order valence-corrected chi connectivity index (χ3v) is 3.85. The predicted octanol–water partition coefficient (Wildman–Crippen LogP) is 1.43. The molecule has 0 spiro atoms. The Balaban J connectivity index is 1.87. The molecule has 0 bridgehead atoms. The van der Waals surface area contributed by atoms with Crippen LogP contribution in [0.3, 0.4) is 0 Å². The van der Waals surface area contributed by atoms with Crippen molar-refractivity contribution in [3.63, 3.8) is 0 Å². The summed E-state index contributed by atoms with van der Waals surface area (Å²) in [6, 6.07) is 5.28. The van der Waals surface area contributed by atoms with Crippen LogP contribution in [-0.4, -0.2) is 41.7 Å². The summed E-state index contributed by atoms with van der Waals surface area (Å²) in [6.07, 6.45) is 1.25. The highest BCUT2D eigenvalue weighted by atomic mass is 79.9. The van der Waals surface area contributed by atoms with Crippen LogP contribution in [0.15, 0.2) is 22.7 Å². The Morgan fingerprint density at radius 2 is 2.16 bits per heavy atom. The van der Waals surface area contributed by atoms with E-state index < -0.39 is 0 Å². The number of nitrogens with zero attached hydrogens (tertiary/aromatic N) is 1. The molecule has 4 N–H and O–H groups in total. The second-order valence-electron chi connectivity index (χ2n) is 4.79. The first kappa shape index (κ1) is 14.3. The van der Waals surface area contributed by atoms with E-state index in [9.17, 15) is 9.90 Å². The zero-order chi connectivity index (χ0) is 13.8. The molecule has 1 heterocycles. The second-order valence-corrected chi connectivity index (χ2v) is 5.65. The van der Waals surface area contributed by atoms with Gasteiger partial charge < -0.3 is 16.2 Å². The Morgan fingerprint density at radius 3 is 2.79 bits per heavy atom.